The normalized spacial score (nSPS) is 12.6. The van der Waals surface area contributed by atoms with E-state index in [2.05, 4.69) is 28.2 Å². The standard InChI is InChI=1S/C13H13BrFNOS/c1-8(6-14)7-16-13(17)12-4-9-2-3-10(15)5-11(9)18-12/h2-5,8H,6-7H2,1H3,(H,16,17). The number of hydrogen-bond donors (Lipinski definition) is 1. The van der Waals surface area contributed by atoms with Gasteiger partial charge in [0.05, 0.1) is 4.88 Å². The van der Waals surface area contributed by atoms with Gasteiger partial charge < -0.3 is 5.32 Å². The number of fused-ring (bicyclic) bond motifs is 1. The van der Waals surface area contributed by atoms with Crippen LogP contribution in [0.4, 0.5) is 4.39 Å². The first-order valence-electron chi connectivity index (χ1n) is 5.63. The molecule has 2 nitrogen and oxygen atoms in total. The van der Waals surface area contributed by atoms with E-state index in [0.717, 1.165) is 15.4 Å². The Morgan fingerprint density at radius 1 is 1.50 bits per heavy atom. The first kappa shape index (κ1) is 13.5. The van der Waals surface area contributed by atoms with Crippen molar-refractivity contribution >= 4 is 43.3 Å². The molecule has 0 aliphatic heterocycles. The summed E-state index contributed by atoms with van der Waals surface area (Å²) >= 11 is 4.68. The summed E-state index contributed by atoms with van der Waals surface area (Å²) in [6.45, 7) is 2.68. The number of carbonyl (C=O) groups excluding carboxylic acids is 1. The molecule has 96 valence electrons. The minimum Gasteiger partial charge on any atom is -0.351 e. The smallest absolute Gasteiger partial charge is 0.261 e. The Bertz CT molecular complexity index is 569. The molecule has 0 aliphatic rings. The summed E-state index contributed by atoms with van der Waals surface area (Å²) in [6.07, 6.45) is 0. The third kappa shape index (κ3) is 3.09. The van der Waals surface area contributed by atoms with Gasteiger partial charge in [0.25, 0.3) is 5.91 Å². The van der Waals surface area contributed by atoms with Gasteiger partial charge in [-0.15, -0.1) is 11.3 Å². The molecule has 1 unspecified atom stereocenters. The summed E-state index contributed by atoms with van der Waals surface area (Å²) in [5.74, 6) is 0.0226. The number of amides is 1. The summed E-state index contributed by atoms with van der Waals surface area (Å²) < 4.78 is 13.8. The molecule has 1 amide bonds. The van der Waals surface area contributed by atoms with Crippen LogP contribution in [0.25, 0.3) is 10.1 Å². The van der Waals surface area contributed by atoms with Crippen LogP contribution in [0.5, 0.6) is 0 Å². The van der Waals surface area contributed by atoms with Crippen molar-refractivity contribution in [2.75, 3.05) is 11.9 Å². The number of rotatable bonds is 4. The van der Waals surface area contributed by atoms with Gasteiger partial charge in [0.2, 0.25) is 0 Å². The number of alkyl halides is 1. The lowest BCUT2D eigenvalue weighted by molar-refractivity contribution is 0.0953. The highest BCUT2D eigenvalue weighted by Gasteiger charge is 2.11. The molecular weight excluding hydrogens is 317 g/mol. The average Bonchev–Trinajstić information content (AvgIpc) is 2.78. The van der Waals surface area contributed by atoms with Gasteiger partial charge in [-0.3, -0.25) is 4.79 Å². The van der Waals surface area contributed by atoms with E-state index in [1.54, 1.807) is 12.1 Å². The van der Waals surface area contributed by atoms with E-state index in [0.29, 0.717) is 17.3 Å². The molecule has 1 atom stereocenters. The molecular formula is C13H13BrFNOS. The van der Waals surface area contributed by atoms with Crippen LogP contribution < -0.4 is 5.32 Å². The summed E-state index contributed by atoms with van der Waals surface area (Å²) in [4.78, 5) is 12.5. The van der Waals surface area contributed by atoms with Gasteiger partial charge in [-0.25, -0.2) is 4.39 Å². The largest absolute Gasteiger partial charge is 0.351 e. The fourth-order valence-electron chi connectivity index (χ4n) is 1.53. The lowest BCUT2D eigenvalue weighted by Gasteiger charge is -2.07. The van der Waals surface area contributed by atoms with Crippen LogP contribution in [-0.4, -0.2) is 17.8 Å². The molecule has 5 heteroatoms. The highest BCUT2D eigenvalue weighted by molar-refractivity contribution is 9.09. The van der Waals surface area contributed by atoms with Gasteiger partial charge in [0, 0.05) is 16.6 Å². The SMILES string of the molecule is CC(CBr)CNC(=O)c1cc2ccc(F)cc2s1. The zero-order valence-corrected chi connectivity index (χ0v) is 12.3. The summed E-state index contributed by atoms with van der Waals surface area (Å²) in [5, 5.41) is 4.63. The molecule has 2 rings (SSSR count). The van der Waals surface area contributed by atoms with Gasteiger partial charge in [0.1, 0.15) is 5.82 Å². The van der Waals surface area contributed by atoms with Crippen molar-refractivity contribution in [3.05, 3.63) is 35.0 Å². The number of benzene rings is 1. The Balaban J connectivity index is 2.13. The highest BCUT2D eigenvalue weighted by atomic mass is 79.9. The summed E-state index contributed by atoms with van der Waals surface area (Å²) in [6, 6.07) is 6.36. The molecule has 0 fully saturated rings. The monoisotopic (exact) mass is 329 g/mol. The fourth-order valence-corrected chi connectivity index (χ4v) is 2.76. The van der Waals surface area contributed by atoms with Gasteiger partial charge in [0.15, 0.2) is 0 Å². The van der Waals surface area contributed by atoms with Crippen molar-refractivity contribution in [2.45, 2.75) is 6.92 Å². The molecule has 0 spiro atoms. The fraction of sp³-hybridized carbons (Fsp3) is 0.308. The number of hydrogen-bond acceptors (Lipinski definition) is 2. The van der Waals surface area contributed by atoms with E-state index in [4.69, 9.17) is 0 Å². The molecule has 1 aromatic heterocycles. The van der Waals surface area contributed by atoms with Crippen LogP contribution in [0.3, 0.4) is 0 Å². The second kappa shape index (κ2) is 5.80. The zero-order valence-electron chi connectivity index (χ0n) is 9.87. The molecule has 18 heavy (non-hydrogen) atoms. The third-order valence-electron chi connectivity index (χ3n) is 2.58. The van der Waals surface area contributed by atoms with Crippen molar-refractivity contribution < 1.29 is 9.18 Å². The molecule has 1 N–H and O–H groups in total. The quantitative estimate of drug-likeness (QED) is 0.849. The molecule has 0 bridgehead atoms. The molecule has 1 aromatic carbocycles. The first-order chi connectivity index (χ1) is 8.60. The molecule has 0 saturated carbocycles. The topological polar surface area (TPSA) is 29.1 Å². The average molecular weight is 330 g/mol. The summed E-state index contributed by atoms with van der Waals surface area (Å²) in [7, 11) is 0. The lowest BCUT2D eigenvalue weighted by atomic mass is 10.2. The second-order valence-corrected chi connectivity index (χ2v) is 5.99. The first-order valence-corrected chi connectivity index (χ1v) is 7.57. The Morgan fingerprint density at radius 3 is 3.00 bits per heavy atom. The van der Waals surface area contributed by atoms with Gasteiger partial charge in [-0.05, 0) is 29.5 Å². The van der Waals surface area contributed by atoms with Gasteiger partial charge >= 0.3 is 0 Å². The van der Waals surface area contributed by atoms with Crippen molar-refractivity contribution in [3.8, 4) is 0 Å². The molecule has 1 heterocycles. The van der Waals surface area contributed by atoms with E-state index in [9.17, 15) is 9.18 Å². The number of nitrogens with one attached hydrogen (secondary N) is 1. The van der Waals surface area contributed by atoms with Crippen molar-refractivity contribution in [3.63, 3.8) is 0 Å². The Labute approximate surface area is 117 Å². The van der Waals surface area contributed by atoms with E-state index in [-0.39, 0.29) is 11.7 Å². The van der Waals surface area contributed by atoms with Crippen LogP contribution in [0.15, 0.2) is 24.3 Å². The minimum absolute atomic E-state index is 0.0931. The van der Waals surface area contributed by atoms with Crippen LogP contribution in [-0.2, 0) is 0 Å². The van der Waals surface area contributed by atoms with E-state index >= 15 is 0 Å². The van der Waals surface area contributed by atoms with Crippen LogP contribution >= 0.6 is 27.3 Å². The Hall–Kier alpha value is -0.940. The molecule has 2 aromatic rings. The van der Waals surface area contributed by atoms with Crippen molar-refractivity contribution in [1.29, 1.82) is 0 Å². The maximum atomic E-state index is 13.0. The maximum absolute atomic E-state index is 13.0. The van der Waals surface area contributed by atoms with Crippen LogP contribution in [0.2, 0.25) is 0 Å². The highest BCUT2D eigenvalue weighted by Crippen LogP contribution is 2.26. The number of halogens is 2. The van der Waals surface area contributed by atoms with Gasteiger partial charge in [-0.2, -0.15) is 0 Å². The minimum atomic E-state index is -0.274. The third-order valence-corrected chi connectivity index (χ3v) is 4.78. The van der Waals surface area contributed by atoms with Crippen molar-refractivity contribution in [1.82, 2.24) is 5.32 Å². The van der Waals surface area contributed by atoms with Crippen molar-refractivity contribution in [2.24, 2.45) is 5.92 Å². The number of thiophene rings is 1. The molecule has 0 aliphatic carbocycles. The predicted molar refractivity (Wildman–Crippen MR) is 77.1 cm³/mol. The van der Waals surface area contributed by atoms with E-state index < -0.39 is 0 Å². The van der Waals surface area contributed by atoms with E-state index in [1.165, 1.54) is 23.5 Å². The lowest BCUT2D eigenvalue weighted by Crippen LogP contribution is -2.28. The molecule has 0 radical (unpaired) electrons. The zero-order chi connectivity index (χ0) is 13.1. The number of carbonyl (C=O) groups is 1. The molecule has 0 saturated heterocycles. The maximum Gasteiger partial charge on any atom is 0.261 e. The van der Waals surface area contributed by atoms with Crippen LogP contribution in [0, 0.1) is 11.7 Å². The van der Waals surface area contributed by atoms with Crippen LogP contribution in [0.1, 0.15) is 16.6 Å². The van der Waals surface area contributed by atoms with Gasteiger partial charge in [-0.1, -0.05) is 28.9 Å². The predicted octanol–water partition coefficient (Wildman–Crippen LogP) is 3.80. The summed E-state index contributed by atoms with van der Waals surface area (Å²) in [5.41, 5.74) is 0. The Kier molecular flexibility index (Phi) is 4.35. The second-order valence-electron chi connectivity index (χ2n) is 4.26. The Morgan fingerprint density at radius 2 is 2.28 bits per heavy atom. The van der Waals surface area contributed by atoms with E-state index in [1.807, 2.05) is 0 Å².